The van der Waals surface area contributed by atoms with Gasteiger partial charge in [-0.3, -0.25) is 0 Å². The number of aryl methyl sites for hydroxylation is 1. The maximum atomic E-state index is 5.13. The normalized spacial score (nSPS) is 16.6. The first-order chi connectivity index (χ1) is 12.5. The summed E-state index contributed by atoms with van der Waals surface area (Å²) in [5.41, 5.74) is 0.435. The minimum absolute atomic E-state index is 0.435. The Kier molecular flexibility index (Phi) is 7.87. The smallest absolute Gasteiger partial charge is 0.191 e. The maximum absolute atomic E-state index is 5.13. The van der Waals surface area contributed by atoms with E-state index in [1.165, 1.54) is 25.7 Å². The van der Waals surface area contributed by atoms with Crippen molar-refractivity contribution in [1.82, 2.24) is 25.4 Å². The van der Waals surface area contributed by atoms with Crippen LogP contribution in [0.4, 0.5) is 0 Å². The minimum atomic E-state index is 0.435. The highest BCUT2D eigenvalue weighted by Gasteiger charge is 2.37. The molecular weight excluding hydrogens is 328 g/mol. The van der Waals surface area contributed by atoms with Crippen molar-refractivity contribution in [2.45, 2.75) is 59.4 Å². The topological polar surface area (TPSA) is 76.4 Å². The summed E-state index contributed by atoms with van der Waals surface area (Å²) in [5, 5.41) is 15.3. The van der Waals surface area contributed by atoms with E-state index in [4.69, 9.17) is 9.73 Å². The number of aliphatic imine (C=N–C) groups is 1. The standard InChI is InChI=1S/C19H36N6O/c1-15(2)12-19(8-6-9-19)14-22-18(20-10-7-11-26-5)21-13-17-24-23-16(3)25(17)4/h15H,6-14H2,1-5H3,(H2,20,21,22). The highest BCUT2D eigenvalue weighted by molar-refractivity contribution is 5.79. The molecule has 0 amide bonds. The van der Waals surface area contributed by atoms with Crippen LogP contribution in [0.5, 0.6) is 0 Å². The van der Waals surface area contributed by atoms with E-state index in [9.17, 15) is 0 Å². The van der Waals surface area contributed by atoms with Crippen LogP contribution in [0.25, 0.3) is 0 Å². The quantitative estimate of drug-likeness (QED) is 0.379. The largest absolute Gasteiger partial charge is 0.385 e. The van der Waals surface area contributed by atoms with Gasteiger partial charge in [-0.2, -0.15) is 0 Å². The zero-order valence-electron chi connectivity index (χ0n) is 17.1. The van der Waals surface area contributed by atoms with Crippen LogP contribution in [-0.4, -0.2) is 47.5 Å². The first-order valence-corrected chi connectivity index (χ1v) is 9.82. The number of ether oxygens (including phenoxy) is 1. The fraction of sp³-hybridized carbons (Fsp3) is 0.842. The summed E-state index contributed by atoms with van der Waals surface area (Å²) in [4.78, 5) is 4.74. The second-order valence-corrected chi connectivity index (χ2v) is 7.97. The van der Waals surface area contributed by atoms with Gasteiger partial charge in [-0.1, -0.05) is 20.3 Å². The van der Waals surface area contributed by atoms with Gasteiger partial charge < -0.3 is 19.9 Å². The molecule has 0 aliphatic heterocycles. The number of aromatic nitrogens is 3. The average Bonchev–Trinajstić information content (AvgIpc) is 2.89. The summed E-state index contributed by atoms with van der Waals surface area (Å²) in [6.07, 6.45) is 6.21. The lowest BCUT2D eigenvalue weighted by molar-refractivity contribution is 0.104. The number of rotatable bonds is 10. The minimum Gasteiger partial charge on any atom is -0.385 e. The van der Waals surface area contributed by atoms with Crippen molar-refractivity contribution < 1.29 is 4.74 Å². The Morgan fingerprint density at radius 1 is 1.31 bits per heavy atom. The second kappa shape index (κ2) is 9.90. The number of hydrogen-bond acceptors (Lipinski definition) is 4. The summed E-state index contributed by atoms with van der Waals surface area (Å²) < 4.78 is 7.12. The van der Waals surface area contributed by atoms with E-state index in [0.717, 1.165) is 49.6 Å². The Balaban J connectivity index is 1.95. The molecule has 0 aromatic carbocycles. The third kappa shape index (κ3) is 5.97. The average molecular weight is 365 g/mol. The maximum Gasteiger partial charge on any atom is 0.191 e. The van der Waals surface area contributed by atoms with Crippen LogP contribution in [0, 0.1) is 18.3 Å². The fourth-order valence-electron chi connectivity index (χ4n) is 3.60. The lowest BCUT2D eigenvalue weighted by Crippen LogP contribution is -2.47. The molecule has 0 unspecified atom stereocenters. The van der Waals surface area contributed by atoms with Crippen molar-refractivity contribution in [3.63, 3.8) is 0 Å². The summed E-state index contributed by atoms with van der Waals surface area (Å²) >= 11 is 0. The van der Waals surface area contributed by atoms with Crippen LogP contribution < -0.4 is 10.6 Å². The predicted molar refractivity (Wildman–Crippen MR) is 105 cm³/mol. The summed E-state index contributed by atoms with van der Waals surface area (Å²) in [6.45, 7) is 9.68. The van der Waals surface area contributed by atoms with Crippen molar-refractivity contribution in [2.75, 3.05) is 26.8 Å². The second-order valence-electron chi connectivity index (χ2n) is 7.97. The van der Waals surface area contributed by atoms with Gasteiger partial charge in [0, 0.05) is 33.9 Å². The molecule has 1 aliphatic carbocycles. The Hall–Kier alpha value is -1.63. The van der Waals surface area contributed by atoms with Gasteiger partial charge in [0.05, 0.1) is 0 Å². The fourth-order valence-corrected chi connectivity index (χ4v) is 3.60. The molecule has 1 aromatic rings. The Morgan fingerprint density at radius 2 is 2.08 bits per heavy atom. The number of nitrogens with one attached hydrogen (secondary N) is 2. The number of guanidine groups is 1. The number of hydrogen-bond donors (Lipinski definition) is 2. The molecule has 1 aromatic heterocycles. The molecular formula is C19H36N6O. The van der Waals surface area contributed by atoms with E-state index in [2.05, 4.69) is 34.7 Å². The molecule has 26 heavy (non-hydrogen) atoms. The Bertz CT molecular complexity index is 577. The predicted octanol–water partition coefficient (Wildman–Crippen LogP) is 2.41. The summed E-state index contributed by atoms with van der Waals surface area (Å²) in [7, 11) is 3.71. The highest BCUT2D eigenvalue weighted by Crippen LogP contribution is 2.45. The number of methoxy groups -OCH3 is 1. The monoisotopic (exact) mass is 364 g/mol. The molecule has 1 heterocycles. The summed E-state index contributed by atoms with van der Waals surface area (Å²) in [6, 6.07) is 0. The van der Waals surface area contributed by atoms with Crippen LogP contribution in [0.3, 0.4) is 0 Å². The molecule has 1 saturated carbocycles. The molecule has 0 atom stereocenters. The molecule has 1 fully saturated rings. The highest BCUT2D eigenvalue weighted by atomic mass is 16.5. The van der Waals surface area contributed by atoms with Gasteiger partial charge in [0.25, 0.3) is 0 Å². The van der Waals surface area contributed by atoms with Crippen molar-refractivity contribution in [2.24, 2.45) is 23.4 Å². The third-order valence-corrected chi connectivity index (χ3v) is 5.27. The molecule has 148 valence electrons. The number of nitrogens with zero attached hydrogens (tertiary/aromatic N) is 4. The first-order valence-electron chi connectivity index (χ1n) is 9.82. The van der Waals surface area contributed by atoms with E-state index >= 15 is 0 Å². The van der Waals surface area contributed by atoms with Gasteiger partial charge in [0.1, 0.15) is 12.4 Å². The van der Waals surface area contributed by atoms with Crippen LogP contribution in [0.2, 0.25) is 0 Å². The van der Waals surface area contributed by atoms with Crippen LogP contribution in [-0.2, 0) is 18.3 Å². The lowest BCUT2D eigenvalue weighted by Gasteiger charge is -2.43. The first kappa shape index (κ1) is 20.7. The van der Waals surface area contributed by atoms with E-state index in [1.807, 2.05) is 18.5 Å². The SMILES string of the molecule is COCCCNC(=NCc1nnc(C)n1C)NCC1(CC(C)C)CCC1. The van der Waals surface area contributed by atoms with E-state index in [0.29, 0.717) is 12.0 Å². The Morgan fingerprint density at radius 3 is 2.62 bits per heavy atom. The molecule has 2 N–H and O–H groups in total. The van der Waals surface area contributed by atoms with Crippen molar-refractivity contribution in [3.8, 4) is 0 Å². The van der Waals surface area contributed by atoms with Gasteiger partial charge in [0.15, 0.2) is 11.8 Å². The molecule has 0 spiro atoms. The summed E-state index contributed by atoms with van der Waals surface area (Å²) in [5.74, 6) is 3.37. The van der Waals surface area contributed by atoms with E-state index in [-0.39, 0.29) is 0 Å². The third-order valence-electron chi connectivity index (χ3n) is 5.27. The van der Waals surface area contributed by atoms with Crippen molar-refractivity contribution >= 4 is 5.96 Å². The molecule has 2 rings (SSSR count). The molecule has 0 bridgehead atoms. The van der Waals surface area contributed by atoms with Crippen LogP contribution in [0.1, 0.15) is 57.6 Å². The van der Waals surface area contributed by atoms with Crippen molar-refractivity contribution in [1.29, 1.82) is 0 Å². The zero-order valence-corrected chi connectivity index (χ0v) is 17.1. The molecule has 1 aliphatic rings. The van der Waals surface area contributed by atoms with E-state index < -0.39 is 0 Å². The molecule has 7 heteroatoms. The van der Waals surface area contributed by atoms with Gasteiger partial charge in [-0.15, -0.1) is 10.2 Å². The molecule has 7 nitrogen and oxygen atoms in total. The Labute approximate surface area is 158 Å². The molecule has 0 radical (unpaired) electrons. The van der Waals surface area contributed by atoms with Gasteiger partial charge in [0.2, 0.25) is 0 Å². The van der Waals surface area contributed by atoms with E-state index in [1.54, 1.807) is 7.11 Å². The molecule has 0 saturated heterocycles. The zero-order chi connectivity index (χ0) is 19.0. The van der Waals surface area contributed by atoms with Gasteiger partial charge in [-0.25, -0.2) is 4.99 Å². The van der Waals surface area contributed by atoms with Gasteiger partial charge in [-0.05, 0) is 43.9 Å². The van der Waals surface area contributed by atoms with Crippen LogP contribution >= 0.6 is 0 Å². The lowest BCUT2D eigenvalue weighted by atomic mass is 9.64. The van der Waals surface area contributed by atoms with Crippen LogP contribution in [0.15, 0.2) is 4.99 Å². The van der Waals surface area contributed by atoms with Crippen molar-refractivity contribution in [3.05, 3.63) is 11.6 Å². The van der Waals surface area contributed by atoms with Gasteiger partial charge >= 0.3 is 0 Å².